The summed E-state index contributed by atoms with van der Waals surface area (Å²) in [5.41, 5.74) is 0. The standard InChI is InChI=1S/C11H19NO8/c1-8(20-3-2-19-7-11(17)18)4-12(5-9(13)14)6-10(15)16/h8H,2-7H2,1H3,(H,13,14)(H,15,16)(H,17,18). The highest BCUT2D eigenvalue weighted by molar-refractivity contribution is 5.72. The molecule has 0 saturated heterocycles. The number of rotatable bonds is 12. The predicted molar refractivity (Wildman–Crippen MR) is 65.6 cm³/mol. The van der Waals surface area contributed by atoms with Crippen molar-refractivity contribution in [3.05, 3.63) is 0 Å². The summed E-state index contributed by atoms with van der Waals surface area (Å²) in [7, 11) is 0. The van der Waals surface area contributed by atoms with Crippen molar-refractivity contribution in [3.8, 4) is 0 Å². The van der Waals surface area contributed by atoms with Crippen LogP contribution < -0.4 is 0 Å². The maximum absolute atomic E-state index is 10.6. The predicted octanol–water partition coefficient (Wildman–Crippen LogP) is -1.04. The van der Waals surface area contributed by atoms with Crippen molar-refractivity contribution in [2.45, 2.75) is 13.0 Å². The van der Waals surface area contributed by atoms with Crippen molar-refractivity contribution in [2.75, 3.05) is 39.5 Å². The van der Waals surface area contributed by atoms with Crippen LogP contribution in [0, 0.1) is 0 Å². The number of carboxylic acid groups (broad SMARTS) is 3. The third kappa shape index (κ3) is 11.4. The average molecular weight is 293 g/mol. The number of nitrogens with zero attached hydrogens (tertiary/aromatic N) is 1. The number of aliphatic carboxylic acids is 3. The summed E-state index contributed by atoms with van der Waals surface area (Å²) in [4.78, 5) is 32.6. The first-order valence-corrected chi connectivity index (χ1v) is 5.88. The minimum absolute atomic E-state index is 0.0918. The molecule has 0 spiro atoms. The summed E-state index contributed by atoms with van der Waals surface area (Å²) < 4.78 is 10.0. The number of hydrogen-bond donors (Lipinski definition) is 3. The number of hydrogen-bond acceptors (Lipinski definition) is 6. The zero-order chi connectivity index (χ0) is 15.5. The van der Waals surface area contributed by atoms with Crippen molar-refractivity contribution >= 4 is 17.9 Å². The Morgan fingerprint density at radius 3 is 2.00 bits per heavy atom. The van der Waals surface area contributed by atoms with E-state index in [1.54, 1.807) is 6.92 Å². The van der Waals surface area contributed by atoms with Gasteiger partial charge in [0.05, 0.1) is 32.4 Å². The molecule has 0 heterocycles. The zero-order valence-electron chi connectivity index (χ0n) is 11.2. The van der Waals surface area contributed by atoms with Crippen LogP contribution in [0.1, 0.15) is 6.92 Å². The van der Waals surface area contributed by atoms with Crippen LogP contribution in [0.3, 0.4) is 0 Å². The molecule has 20 heavy (non-hydrogen) atoms. The summed E-state index contributed by atoms with van der Waals surface area (Å²) in [5.74, 6) is -3.32. The summed E-state index contributed by atoms with van der Waals surface area (Å²) in [6.45, 7) is 0.829. The fourth-order valence-electron chi connectivity index (χ4n) is 1.45. The van der Waals surface area contributed by atoms with Gasteiger partial charge in [0, 0.05) is 6.54 Å². The van der Waals surface area contributed by atoms with E-state index in [0.29, 0.717) is 0 Å². The highest BCUT2D eigenvalue weighted by atomic mass is 16.5. The molecule has 9 heteroatoms. The van der Waals surface area contributed by atoms with Crippen LogP contribution in [0.5, 0.6) is 0 Å². The molecule has 3 N–H and O–H groups in total. The fraction of sp³-hybridized carbons (Fsp3) is 0.727. The smallest absolute Gasteiger partial charge is 0.329 e. The molecule has 0 aromatic heterocycles. The van der Waals surface area contributed by atoms with Gasteiger partial charge in [-0.1, -0.05) is 0 Å². The molecule has 1 atom stereocenters. The third-order valence-electron chi connectivity index (χ3n) is 2.09. The van der Waals surface area contributed by atoms with E-state index in [1.807, 2.05) is 0 Å². The second-order valence-corrected chi connectivity index (χ2v) is 4.08. The first-order valence-electron chi connectivity index (χ1n) is 5.88. The van der Waals surface area contributed by atoms with Crippen molar-refractivity contribution < 1.29 is 39.2 Å². The van der Waals surface area contributed by atoms with E-state index in [2.05, 4.69) is 0 Å². The molecule has 1 unspecified atom stereocenters. The molecule has 0 radical (unpaired) electrons. The van der Waals surface area contributed by atoms with Crippen LogP contribution in [-0.4, -0.2) is 83.7 Å². The van der Waals surface area contributed by atoms with Gasteiger partial charge in [-0.15, -0.1) is 0 Å². The average Bonchev–Trinajstić information content (AvgIpc) is 2.25. The van der Waals surface area contributed by atoms with Crippen molar-refractivity contribution in [3.63, 3.8) is 0 Å². The molecule has 0 aromatic carbocycles. The topological polar surface area (TPSA) is 134 Å². The van der Waals surface area contributed by atoms with Crippen LogP contribution >= 0.6 is 0 Å². The van der Waals surface area contributed by atoms with E-state index in [9.17, 15) is 14.4 Å². The maximum atomic E-state index is 10.6. The fourth-order valence-corrected chi connectivity index (χ4v) is 1.45. The second kappa shape index (κ2) is 10.1. The van der Waals surface area contributed by atoms with E-state index in [4.69, 9.17) is 24.8 Å². The van der Waals surface area contributed by atoms with Crippen LogP contribution in [0.2, 0.25) is 0 Å². The minimum Gasteiger partial charge on any atom is -0.480 e. The van der Waals surface area contributed by atoms with Gasteiger partial charge in [0.25, 0.3) is 0 Å². The molecule has 0 aliphatic rings. The molecular weight excluding hydrogens is 274 g/mol. The van der Waals surface area contributed by atoms with Crippen LogP contribution in [-0.2, 0) is 23.9 Å². The van der Waals surface area contributed by atoms with Gasteiger partial charge in [0.1, 0.15) is 6.61 Å². The molecule has 0 aliphatic heterocycles. The molecule has 9 nitrogen and oxygen atoms in total. The van der Waals surface area contributed by atoms with E-state index >= 15 is 0 Å². The zero-order valence-corrected chi connectivity index (χ0v) is 11.2. The van der Waals surface area contributed by atoms with Gasteiger partial charge >= 0.3 is 17.9 Å². The quantitative estimate of drug-likeness (QED) is 0.386. The SMILES string of the molecule is CC(CN(CC(=O)O)CC(=O)O)OCCOCC(=O)O. The maximum Gasteiger partial charge on any atom is 0.329 e. The number of carbonyl (C=O) groups is 3. The lowest BCUT2D eigenvalue weighted by molar-refractivity contribution is -0.143. The number of carboxylic acids is 3. The lowest BCUT2D eigenvalue weighted by Gasteiger charge is -2.22. The Balaban J connectivity index is 3.93. The van der Waals surface area contributed by atoms with Crippen molar-refractivity contribution in [1.82, 2.24) is 4.90 Å². The van der Waals surface area contributed by atoms with Gasteiger partial charge in [-0.2, -0.15) is 0 Å². The Kier molecular flexibility index (Phi) is 9.26. The molecule has 0 bridgehead atoms. The number of ether oxygens (including phenoxy) is 2. The highest BCUT2D eigenvalue weighted by Gasteiger charge is 2.16. The summed E-state index contributed by atoms with van der Waals surface area (Å²) >= 11 is 0. The second-order valence-electron chi connectivity index (χ2n) is 4.08. The molecule has 0 aliphatic carbocycles. The molecule has 0 aromatic rings. The van der Waals surface area contributed by atoms with E-state index in [1.165, 1.54) is 4.90 Å². The van der Waals surface area contributed by atoms with E-state index in [0.717, 1.165) is 0 Å². The van der Waals surface area contributed by atoms with Gasteiger partial charge in [0.15, 0.2) is 0 Å². The molecule has 0 rings (SSSR count). The molecule has 0 fully saturated rings. The van der Waals surface area contributed by atoms with Crippen molar-refractivity contribution in [2.24, 2.45) is 0 Å². The molecule has 0 saturated carbocycles. The van der Waals surface area contributed by atoms with Gasteiger partial charge in [0.2, 0.25) is 0 Å². The van der Waals surface area contributed by atoms with Crippen LogP contribution in [0.25, 0.3) is 0 Å². The first kappa shape index (κ1) is 18.3. The largest absolute Gasteiger partial charge is 0.480 e. The Morgan fingerprint density at radius 2 is 1.55 bits per heavy atom. The Labute approximate surface area is 115 Å². The monoisotopic (exact) mass is 293 g/mol. The van der Waals surface area contributed by atoms with Gasteiger partial charge in [-0.25, -0.2) is 4.79 Å². The normalized spacial score (nSPS) is 12.3. The summed E-state index contributed by atoms with van der Waals surface area (Å²) in [5, 5.41) is 25.6. The van der Waals surface area contributed by atoms with Crippen molar-refractivity contribution in [1.29, 1.82) is 0 Å². The molecule has 0 amide bonds. The Bertz CT molecular complexity index is 316. The lowest BCUT2D eigenvalue weighted by Crippen LogP contribution is -2.39. The lowest BCUT2D eigenvalue weighted by atomic mass is 10.3. The minimum atomic E-state index is -1.12. The molecule has 116 valence electrons. The van der Waals surface area contributed by atoms with E-state index in [-0.39, 0.29) is 19.8 Å². The Morgan fingerprint density at radius 1 is 1.00 bits per heavy atom. The first-order chi connectivity index (χ1) is 9.31. The van der Waals surface area contributed by atoms with Crippen LogP contribution in [0.15, 0.2) is 0 Å². The van der Waals surface area contributed by atoms with E-state index < -0.39 is 43.7 Å². The van der Waals surface area contributed by atoms with Gasteiger partial charge in [-0.3, -0.25) is 14.5 Å². The Hall–Kier alpha value is -1.71. The molecular formula is C11H19NO8. The third-order valence-corrected chi connectivity index (χ3v) is 2.09. The summed E-state index contributed by atoms with van der Waals surface area (Å²) in [6.07, 6.45) is -0.401. The van der Waals surface area contributed by atoms with Gasteiger partial charge in [-0.05, 0) is 6.92 Å². The van der Waals surface area contributed by atoms with Gasteiger partial charge < -0.3 is 24.8 Å². The van der Waals surface area contributed by atoms with Crippen LogP contribution in [0.4, 0.5) is 0 Å². The highest BCUT2D eigenvalue weighted by Crippen LogP contribution is 1.97. The summed E-state index contributed by atoms with van der Waals surface area (Å²) in [6, 6.07) is 0.